The van der Waals surface area contributed by atoms with Crippen molar-refractivity contribution in [1.29, 1.82) is 0 Å². The number of morpholine rings is 1. The lowest BCUT2D eigenvalue weighted by atomic mass is 9.93. The fraction of sp³-hybridized carbons (Fsp3) is 0.611. The molecule has 0 saturated carbocycles. The average Bonchev–Trinajstić information content (AvgIpc) is 3.05. The number of sulfone groups is 1. The predicted octanol–water partition coefficient (Wildman–Crippen LogP) is 1.60. The van der Waals surface area contributed by atoms with Crippen molar-refractivity contribution in [2.24, 2.45) is 0 Å². The summed E-state index contributed by atoms with van der Waals surface area (Å²) < 4.78 is 29.3. The zero-order chi connectivity index (χ0) is 16.8. The summed E-state index contributed by atoms with van der Waals surface area (Å²) in [6.45, 7) is 1.56. The molecular weight excluding hydrogens is 326 g/mol. The lowest BCUT2D eigenvalue weighted by Crippen LogP contribution is -2.56. The molecule has 3 aliphatic rings. The number of carbonyl (C=O) groups excluding carboxylic acids is 1. The van der Waals surface area contributed by atoms with Crippen LogP contribution in [0.2, 0.25) is 0 Å². The minimum atomic E-state index is -2.94. The number of rotatable bonds is 1. The van der Waals surface area contributed by atoms with E-state index in [1.165, 1.54) is 17.5 Å². The molecule has 1 aliphatic carbocycles. The molecule has 5 nitrogen and oxygen atoms in total. The van der Waals surface area contributed by atoms with E-state index < -0.39 is 15.4 Å². The predicted molar refractivity (Wildman–Crippen MR) is 90.9 cm³/mol. The van der Waals surface area contributed by atoms with Crippen LogP contribution in [-0.4, -0.2) is 56.0 Å². The zero-order valence-electron chi connectivity index (χ0n) is 13.8. The molecule has 0 N–H and O–H groups in total. The van der Waals surface area contributed by atoms with Crippen LogP contribution >= 0.6 is 0 Å². The second-order valence-electron chi connectivity index (χ2n) is 7.25. The van der Waals surface area contributed by atoms with Gasteiger partial charge in [0.25, 0.3) is 5.91 Å². The Bertz CT molecular complexity index is 757. The number of benzene rings is 1. The van der Waals surface area contributed by atoms with Crippen molar-refractivity contribution in [2.45, 2.75) is 37.7 Å². The van der Waals surface area contributed by atoms with Crippen molar-refractivity contribution in [2.75, 3.05) is 31.2 Å². The van der Waals surface area contributed by atoms with Gasteiger partial charge in [0, 0.05) is 12.1 Å². The number of nitrogens with zero attached hydrogens (tertiary/aromatic N) is 1. The Morgan fingerprint density at radius 1 is 1.12 bits per heavy atom. The van der Waals surface area contributed by atoms with Gasteiger partial charge >= 0.3 is 0 Å². The highest BCUT2D eigenvalue weighted by Crippen LogP contribution is 2.32. The van der Waals surface area contributed by atoms with Gasteiger partial charge in [-0.2, -0.15) is 0 Å². The highest BCUT2D eigenvalue weighted by molar-refractivity contribution is 7.91. The van der Waals surface area contributed by atoms with E-state index in [2.05, 4.69) is 6.07 Å². The highest BCUT2D eigenvalue weighted by atomic mass is 32.2. The minimum absolute atomic E-state index is 0.0424. The molecular formula is C18H23NO4S. The third kappa shape index (κ3) is 2.97. The molecule has 2 aliphatic heterocycles. The van der Waals surface area contributed by atoms with E-state index in [1.807, 2.05) is 17.0 Å². The SMILES string of the molecule is O=C(c1ccc2c(c1)CCC2)N1CCOC2(CCS(=O)(=O)CC2)C1. The first-order chi connectivity index (χ1) is 11.5. The number of aryl methyl sites for hydroxylation is 2. The maximum Gasteiger partial charge on any atom is 0.254 e. The van der Waals surface area contributed by atoms with Crippen molar-refractivity contribution in [1.82, 2.24) is 4.90 Å². The highest BCUT2D eigenvalue weighted by Gasteiger charge is 2.43. The van der Waals surface area contributed by atoms with Gasteiger partial charge in [0.2, 0.25) is 0 Å². The van der Waals surface area contributed by atoms with Crippen molar-refractivity contribution in [3.63, 3.8) is 0 Å². The Balaban J connectivity index is 1.51. The summed E-state index contributed by atoms with van der Waals surface area (Å²) in [6, 6.07) is 6.05. The lowest BCUT2D eigenvalue weighted by Gasteiger charge is -2.44. The smallest absolute Gasteiger partial charge is 0.254 e. The summed E-state index contributed by atoms with van der Waals surface area (Å²) in [5.41, 5.74) is 2.93. The van der Waals surface area contributed by atoms with E-state index in [4.69, 9.17) is 4.74 Å². The van der Waals surface area contributed by atoms with Crippen molar-refractivity contribution < 1.29 is 17.9 Å². The van der Waals surface area contributed by atoms with Crippen molar-refractivity contribution in [3.8, 4) is 0 Å². The molecule has 6 heteroatoms. The Morgan fingerprint density at radius 2 is 1.88 bits per heavy atom. The maximum absolute atomic E-state index is 12.9. The van der Waals surface area contributed by atoms with Gasteiger partial charge in [-0.05, 0) is 55.4 Å². The first-order valence-corrected chi connectivity index (χ1v) is 10.5. The molecule has 0 unspecified atom stereocenters. The van der Waals surface area contributed by atoms with Crippen molar-refractivity contribution >= 4 is 15.7 Å². The van der Waals surface area contributed by atoms with E-state index in [9.17, 15) is 13.2 Å². The van der Waals surface area contributed by atoms with Crippen LogP contribution in [0.3, 0.4) is 0 Å². The standard InChI is InChI=1S/C18H23NO4S/c20-17(16-5-4-14-2-1-3-15(14)12-16)19-8-9-23-18(13-19)6-10-24(21,22)11-7-18/h4-5,12H,1-3,6-11,13H2. The van der Waals surface area contributed by atoms with Crippen molar-refractivity contribution in [3.05, 3.63) is 34.9 Å². The number of ether oxygens (including phenoxy) is 1. The first kappa shape index (κ1) is 16.1. The number of fused-ring (bicyclic) bond motifs is 1. The average molecular weight is 349 g/mol. The van der Waals surface area contributed by atoms with E-state index >= 15 is 0 Å². The van der Waals surface area contributed by atoms with Crippen LogP contribution in [0.25, 0.3) is 0 Å². The quantitative estimate of drug-likeness (QED) is 0.772. The van der Waals surface area contributed by atoms with Gasteiger partial charge in [0.15, 0.2) is 9.84 Å². The molecule has 24 heavy (non-hydrogen) atoms. The molecule has 1 aromatic rings. The lowest BCUT2D eigenvalue weighted by molar-refractivity contribution is -0.104. The molecule has 1 aromatic carbocycles. The summed E-state index contributed by atoms with van der Waals surface area (Å²) in [5.74, 6) is 0.364. The normalized spacial score (nSPS) is 24.8. The summed E-state index contributed by atoms with van der Waals surface area (Å²) >= 11 is 0. The van der Waals surface area contributed by atoms with Gasteiger partial charge in [-0.25, -0.2) is 8.42 Å². The fourth-order valence-electron chi connectivity index (χ4n) is 4.12. The second kappa shape index (κ2) is 5.85. The third-order valence-corrected chi connectivity index (χ3v) is 7.27. The van der Waals surface area contributed by atoms with Gasteiger partial charge in [-0.1, -0.05) is 6.07 Å². The zero-order valence-corrected chi connectivity index (χ0v) is 14.6. The first-order valence-electron chi connectivity index (χ1n) is 8.72. The molecule has 1 spiro atoms. The Hall–Kier alpha value is -1.40. The van der Waals surface area contributed by atoms with Gasteiger partial charge in [-0.15, -0.1) is 0 Å². The van der Waals surface area contributed by atoms with Gasteiger partial charge < -0.3 is 9.64 Å². The summed E-state index contributed by atoms with van der Waals surface area (Å²) in [4.78, 5) is 14.8. The summed E-state index contributed by atoms with van der Waals surface area (Å²) in [5, 5.41) is 0. The van der Waals surface area contributed by atoms with Crippen LogP contribution in [0.5, 0.6) is 0 Å². The molecule has 2 saturated heterocycles. The molecule has 4 rings (SSSR count). The molecule has 2 fully saturated rings. The number of hydrogen-bond acceptors (Lipinski definition) is 4. The second-order valence-corrected chi connectivity index (χ2v) is 9.55. The molecule has 2 heterocycles. The van der Waals surface area contributed by atoms with Gasteiger partial charge in [-0.3, -0.25) is 4.79 Å². The fourth-order valence-corrected chi connectivity index (χ4v) is 5.69. The molecule has 1 amide bonds. The van der Waals surface area contributed by atoms with E-state index in [0.717, 1.165) is 18.4 Å². The van der Waals surface area contributed by atoms with Gasteiger partial charge in [0.1, 0.15) is 0 Å². The largest absolute Gasteiger partial charge is 0.371 e. The van der Waals surface area contributed by atoms with E-state index in [-0.39, 0.29) is 17.4 Å². The van der Waals surface area contributed by atoms with Crippen LogP contribution < -0.4 is 0 Å². The van der Waals surface area contributed by atoms with Crippen LogP contribution in [-0.2, 0) is 27.4 Å². The summed E-state index contributed by atoms with van der Waals surface area (Å²) in [6.07, 6.45) is 4.31. The van der Waals surface area contributed by atoms with Crippen LogP contribution in [0.15, 0.2) is 18.2 Å². The molecule has 0 atom stereocenters. The van der Waals surface area contributed by atoms with Crippen LogP contribution in [0, 0.1) is 0 Å². The maximum atomic E-state index is 12.9. The molecule has 0 aromatic heterocycles. The topological polar surface area (TPSA) is 63.7 Å². The molecule has 130 valence electrons. The Morgan fingerprint density at radius 3 is 2.67 bits per heavy atom. The Kier molecular flexibility index (Phi) is 3.92. The Labute approximate surface area is 142 Å². The number of hydrogen-bond donors (Lipinski definition) is 0. The van der Waals surface area contributed by atoms with Crippen LogP contribution in [0.1, 0.15) is 40.7 Å². The van der Waals surface area contributed by atoms with E-state index in [0.29, 0.717) is 32.5 Å². The van der Waals surface area contributed by atoms with E-state index in [1.54, 1.807) is 0 Å². The molecule has 0 radical (unpaired) electrons. The third-order valence-electron chi connectivity index (χ3n) is 5.62. The molecule has 0 bridgehead atoms. The minimum Gasteiger partial charge on any atom is -0.371 e. The number of amides is 1. The van der Waals surface area contributed by atoms with Gasteiger partial charge in [0.05, 0.1) is 30.3 Å². The summed E-state index contributed by atoms with van der Waals surface area (Å²) in [7, 11) is -2.94. The number of carbonyl (C=O) groups is 1. The van der Waals surface area contributed by atoms with Crippen LogP contribution in [0.4, 0.5) is 0 Å². The monoisotopic (exact) mass is 349 g/mol.